The Balaban J connectivity index is 1.76. The topological polar surface area (TPSA) is 12.0 Å². The molecule has 0 fully saturated rings. The molecule has 20 heavy (non-hydrogen) atoms. The van der Waals surface area contributed by atoms with Gasteiger partial charge in [-0.05, 0) is 48.1 Å². The van der Waals surface area contributed by atoms with Crippen molar-refractivity contribution in [3.05, 3.63) is 51.9 Å². The number of halogens is 1. The average molecular weight is 324 g/mol. The van der Waals surface area contributed by atoms with Gasteiger partial charge in [-0.3, -0.25) is 0 Å². The maximum absolute atomic E-state index is 5.96. The van der Waals surface area contributed by atoms with Gasteiger partial charge in [0.1, 0.15) is 0 Å². The summed E-state index contributed by atoms with van der Waals surface area (Å²) in [7, 11) is 0. The maximum Gasteiger partial charge on any atom is 0.0649 e. The number of rotatable bonds is 3. The molecule has 0 spiro atoms. The van der Waals surface area contributed by atoms with Crippen LogP contribution in [-0.4, -0.2) is 5.25 Å². The fourth-order valence-corrected chi connectivity index (χ4v) is 5.35. The van der Waals surface area contributed by atoms with Gasteiger partial charge in [0.25, 0.3) is 0 Å². The molecule has 1 aliphatic heterocycles. The average Bonchev–Trinajstić information content (AvgIpc) is 2.87. The lowest BCUT2D eigenvalue weighted by atomic mass is 10.0. The van der Waals surface area contributed by atoms with Crippen molar-refractivity contribution < 1.29 is 0 Å². The zero-order valence-electron chi connectivity index (χ0n) is 11.6. The first-order chi connectivity index (χ1) is 9.63. The van der Waals surface area contributed by atoms with Crippen LogP contribution >= 0.6 is 34.7 Å². The number of thiophene rings is 1. The highest BCUT2D eigenvalue weighted by atomic mass is 35.5. The van der Waals surface area contributed by atoms with E-state index in [4.69, 9.17) is 11.6 Å². The molecule has 0 saturated heterocycles. The molecule has 1 aromatic heterocycles. The van der Waals surface area contributed by atoms with Crippen molar-refractivity contribution in [1.29, 1.82) is 0 Å². The van der Waals surface area contributed by atoms with E-state index in [1.54, 1.807) is 0 Å². The molecule has 0 saturated carbocycles. The van der Waals surface area contributed by atoms with Crippen LogP contribution in [0, 0.1) is 0 Å². The predicted molar refractivity (Wildman–Crippen MR) is 90.0 cm³/mol. The van der Waals surface area contributed by atoms with E-state index < -0.39 is 0 Å². The van der Waals surface area contributed by atoms with E-state index in [-0.39, 0.29) is 0 Å². The molecule has 1 aromatic carbocycles. The Morgan fingerprint density at radius 1 is 1.25 bits per heavy atom. The molecule has 1 nitrogen and oxygen atoms in total. The van der Waals surface area contributed by atoms with Crippen molar-refractivity contribution in [3.63, 3.8) is 0 Å². The molecule has 2 aromatic rings. The zero-order valence-corrected chi connectivity index (χ0v) is 14.0. The minimum absolute atomic E-state index is 0.334. The molecule has 0 bridgehead atoms. The summed E-state index contributed by atoms with van der Waals surface area (Å²) in [6, 6.07) is 11.2. The van der Waals surface area contributed by atoms with Crippen LogP contribution in [0.4, 0.5) is 0 Å². The van der Waals surface area contributed by atoms with Crippen LogP contribution in [0.1, 0.15) is 43.5 Å². The molecule has 3 rings (SSSR count). The van der Waals surface area contributed by atoms with E-state index >= 15 is 0 Å². The van der Waals surface area contributed by atoms with Crippen LogP contribution in [0.3, 0.4) is 0 Å². The van der Waals surface area contributed by atoms with Gasteiger partial charge in [0.05, 0.1) is 4.21 Å². The van der Waals surface area contributed by atoms with Crippen molar-refractivity contribution in [3.8, 4) is 0 Å². The Labute approximate surface area is 133 Å². The molecular formula is C16H18ClNS2. The molecule has 1 unspecified atom stereocenters. The van der Waals surface area contributed by atoms with E-state index in [0.29, 0.717) is 17.3 Å². The van der Waals surface area contributed by atoms with Crippen molar-refractivity contribution in [2.45, 2.75) is 41.8 Å². The lowest BCUT2D eigenvalue weighted by Crippen LogP contribution is -2.28. The summed E-state index contributed by atoms with van der Waals surface area (Å²) in [5, 5.41) is 7.46. The quantitative estimate of drug-likeness (QED) is 0.780. The van der Waals surface area contributed by atoms with Crippen molar-refractivity contribution in [2.75, 3.05) is 0 Å². The van der Waals surface area contributed by atoms with Gasteiger partial charge in [-0.1, -0.05) is 30.7 Å². The van der Waals surface area contributed by atoms with Gasteiger partial charge in [-0.2, -0.15) is 0 Å². The van der Waals surface area contributed by atoms with Crippen LogP contribution < -0.4 is 5.32 Å². The SMILES string of the molecule is C[C@H]1CC(N[C@H](C)c2ccc(Cl)cc2)c2ccsc2S1. The number of thioether (sulfide) groups is 1. The lowest BCUT2D eigenvalue weighted by molar-refractivity contribution is 0.435. The number of nitrogens with one attached hydrogen (secondary N) is 1. The highest BCUT2D eigenvalue weighted by Gasteiger charge is 2.27. The Morgan fingerprint density at radius 3 is 2.75 bits per heavy atom. The number of hydrogen-bond acceptors (Lipinski definition) is 3. The largest absolute Gasteiger partial charge is 0.303 e. The maximum atomic E-state index is 5.96. The molecular weight excluding hydrogens is 306 g/mol. The van der Waals surface area contributed by atoms with E-state index in [1.807, 2.05) is 35.2 Å². The second kappa shape index (κ2) is 6.10. The van der Waals surface area contributed by atoms with Crippen molar-refractivity contribution >= 4 is 34.7 Å². The molecule has 106 valence electrons. The fourth-order valence-electron chi connectivity index (χ4n) is 2.66. The third kappa shape index (κ3) is 3.06. The lowest BCUT2D eigenvalue weighted by Gasteiger charge is -2.30. The molecule has 0 radical (unpaired) electrons. The molecule has 1 N–H and O–H groups in total. The highest BCUT2D eigenvalue weighted by molar-refractivity contribution is 8.01. The monoisotopic (exact) mass is 323 g/mol. The van der Waals surface area contributed by atoms with E-state index in [9.17, 15) is 0 Å². The molecule has 1 aliphatic rings. The van der Waals surface area contributed by atoms with Gasteiger partial charge < -0.3 is 5.32 Å². The number of benzene rings is 1. The summed E-state index contributed by atoms with van der Waals surface area (Å²) < 4.78 is 1.48. The predicted octanol–water partition coefficient (Wildman–Crippen LogP) is 5.68. The Kier molecular flexibility index (Phi) is 4.41. The molecule has 0 amide bonds. The van der Waals surface area contributed by atoms with Crippen LogP contribution in [0.5, 0.6) is 0 Å². The van der Waals surface area contributed by atoms with Crippen LogP contribution in [0.2, 0.25) is 5.02 Å². The van der Waals surface area contributed by atoms with Crippen LogP contribution in [0.25, 0.3) is 0 Å². The normalized spacial score (nSPS) is 23.4. The summed E-state index contributed by atoms with van der Waals surface area (Å²) in [6.07, 6.45) is 1.19. The second-order valence-electron chi connectivity index (χ2n) is 5.32. The van der Waals surface area contributed by atoms with Gasteiger partial charge in [-0.15, -0.1) is 23.1 Å². The summed E-state index contributed by atoms with van der Waals surface area (Å²) in [5.41, 5.74) is 2.76. The summed E-state index contributed by atoms with van der Waals surface area (Å²) >= 11 is 9.83. The van der Waals surface area contributed by atoms with Crippen molar-refractivity contribution in [1.82, 2.24) is 5.32 Å². The third-order valence-corrected chi connectivity index (χ3v) is 6.33. The smallest absolute Gasteiger partial charge is 0.0649 e. The number of fused-ring (bicyclic) bond motifs is 1. The van der Waals surface area contributed by atoms with E-state index in [0.717, 1.165) is 5.02 Å². The first kappa shape index (κ1) is 14.5. The van der Waals surface area contributed by atoms with Crippen molar-refractivity contribution in [2.24, 2.45) is 0 Å². The second-order valence-corrected chi connectivity index (χ2v) is 8.38. The third-order valence-electron chi connectivity index (χ3n) is 3.73. The minimum Gasteiger partial charge on any atom is -0.303 e. The molecule has 2 heterocycles. The highest BCUT2D eigenvalue weighted by Crippen LogP contribution is 2.44. The first-order valence-corrected chi connectivity index (χ1v) is 9.03. The van der Waals surface area contributed by atoms with Gasteiger partial charge in [-0.25, -0.2) is 0 Å². The van der Waals surface area contributed by atoms with E-state index in [2.05, 4.69) is 42.7 Å². The zero-order chi connectivity index (χ0) is 14.1. The standard InChI is InChI=1S/C16H18ClNS2/c1-10-9-15(14-7-8-19-16(14)20-10)18-11(2)12-3-5-13(17)6-4-12/h3-8,10-11,15,18H,9H2,1-2H3/t10-,11+,15?/m0/s1. The summed E-state index contributed by atoms with van der Waals surface area (Å²) in [5.74, 6) is 0. The molecule has 0 aliphatic carbocycles. The Bertz CT molecular complexity index is 578. The molecule has 4 heteroatoms. The summed E-state index contributed by atoms with van der Waals surface area (Å²) in [4.78, 5) is 0. The Hall–Kier alpha value is -0.480. The minimum atomic E-state index is 0.334. The van der Waals surface area contributed by atoms with Gasteiger partial charge >= 0.3 is 0 Å². The van der Waals surface area contributed by atoms with Crippen LogP contribution in [0.15, 0.2) is 39.9 Å². The van der Waals surface area contributed by atoms with Gasteiger partial charge in [0.2, 0.25) is 0 Å². The van der Waals surface area contributed by atoms with Crippen LogP contribution in [-0.2, 0) is 0 Å². The summed E-state index contributed by atoms with van der Waals surface area (Å²) in [6.45, 7) is 4.54. The Morgan fingerprint density at radius 2 is 2.00 bits per heavy atom. The molecule has 3 atom stereocenters. The number of hydrogen-bond donors (Lipinski definition) is 1. The first-order valence-electron chi connectivity index (χ1n) is 6.89. The fraction of sp³-hybridized carbons (Fsp3) is 0.375. The van der Waals surface area contributed by atoms with Gasteiger partial charge in [0.15, 0.2) is 0 Å². The van der Waals surface area contributed by atoms with E-state index in [1.165, 1.54) is 21.8 Å². The van der Waals surface area contributed by atoms with Gasteiger partial charge in [0, 0.05) is 22.4 Å².